The monoisotopic (exact) mass is 560 g/mol. The Morgan fingerprint density at radius 1 is 1.05 bits per heavy atom. The fourth-order valence-electron chi connectivity index (χ4n) is 4.86. The Morgan fingerprint density at radius 2 is 1.79 bits per heavy atom. The summed E-state index contributed by atoms with van der Waals surface area (Å²) in [5.74, 6) is 2.47. The molecule has 204 valence electrons. The van der Waals surface area contributed by atoms with E-state index >= 15 is 0 Å². The van der Waals surface area contributed by atoms with E-state index in [0.717, 1.165) is 74.7 Å². The molecule has 0 bridgehead atoms. The molecule has 0 amide bonds. The summed E-state index contributed by atoms with van der Waals surface area (Å²) in [6.07, 6.45) is 2.81. The number of hydrogen-bond acceptors (Lipinski definition) is 9. The molecular formula is C27H34Cl2N6O3. The van der Waals surface area contributed by atoms with Crippen LogP contribution in [0, 0.1) is 0 Å². The third-order valence-electron chi connectivity index (χ3n) is 7.14. The number of ether oxygens (including phenoxy) is 3. The zero-order chi connectivity index (χ0) is 26.6. The van der Waals surface area contributed by atoms with Crippen LogP contribution in [0.5, 0.6) is 11.5 Å². The van der Waals surface area contributed by atoms with Crippen molar-refractivity contribution in [3.05, 3.63) is 34.4 Å². The van der Waals surface area contributed by atoms with Gasteiger partial charge in [-0.2, -0.15) is 0 Å². The van der Waals surface area contributed by atoms with Crippen molar-refractivity contribution in [3.63, 3.8) is 0 Å². The Morgan fingerprint density at radius 3 is 2.45 bits per heavy atom. The first-order valence-corrected chi connectivity index (χ1v) is 13.6. The van der Waals surface area contributed by atoms with Crippen molar-refractivity contribution in [2.75, 3.05) is 84.4 Å². The van der Waals surface area contributed by atoms with Gasteiger partial charge in [-0.1, -0.05) is 23.2 Å². The van der Waals surface area contributed by atoms with E-state index < -0.39 is 0 Å². The zero-order valence-corrected chi connectivity index (χ0v) is 23.5. The molecule has 9 nitrogen and oxygen atoms in total. The molecule has 11 heteroatoms. The Kier molecular flexibility index (Phi) is 8.60. The molecule has 3 aromatic rings. The van der Waals surface area contributed by atoms with E-state index in [1.807, 2.05) is 18.3 Å². The van der Waals surface area contributed by atoms with E-state index in [1.165, 1.54) is 0 Å². The van der Waals surface area contributed by atoms with Crippen LogP contribution in [0.4, 0.5) is 11.6 Å². The van der Waals surface area contributed by atoms with Crippen LogP contribution < -0.4 is 20.1 Å². The number of fused-ring (bicyclic) bond motifs is 1. The van der Waals surface area contributed by atoms with Crippen LogP contribution in [0.3, 0.4) is 0 Å². The van der Waals surface area contributed by atoms with Gasteiger partial charge in [0.05, 0.1) is 42.6 Å². The van der Waals surface area contributed by atoms with Gasteiger partial charge in [-0.25, -0.2) is 9.97 Å². The first kappa shape index (κ1) is 27.0. The number of piperazine rings is 1. The summed E-state index contributed by atoms with van der Waals surface area (Å²) in [6.45, 7) is 7.40. The van der Waals surface area contributed by atoms with Gasteiger partial charge in [0.25, 0.3) is 0 Å². The molecule has 1 aromatic carbocycles. The standard InChI is InChI=1S/C27H34Cl2N6O3/c1-34-7-9-35(10-8-34)6-5-30-27-19-13-23(32-18-4-11-38-16-18)31-15-17(19)12-20(33-27)24-25(28)21(36-2)14-22(37-3)26(24)29/h12-15,18H,4-11,16H2,1-3H3,(H,30,33)(H,31,32). The van der Waals surface area contributed by atoms with Crippen LogP contribution in [0.25, 0.3) is 22.0 Å². The number of anilines is 2. The van der Waals surface area contributed by atoms with Gasteiger partial charge in [0.2, 0.25) is 0 Å². The molecule has 0 radical (unpaired) electrons. The van der Waals surface area contributed by atoms with E-state index in [-0.39, 0.29) is 6.04 Å². The predicted molar refractivity (Wildman–Crippen MR) is 153 cm³/mol. The largest absolute Gasteiger partial charge is 0.495 e. The summed E-state index contributed by atoms with van der Waals surface area (Å²) in [4.78, 5) is 14.5. The number of methoxy groups -OCH3 is 2. The van der Waals surface area contributed by atoms with E-state index in [9.17, 15) is 0 Å². The van der Waals surface area contributed by atoms with Crippen molar-refractivity contribution in [1.29, 1.82) is 0 Å². The van der Waals surface area contributed by atoms with Crippen LogP contribution in [0.1, 0.15) is 6.42 Å². The number of pyridine rings is 2. The Labute approximate surface area is 233 Å². The highest BCUT2D eigenvalue weighted by Gasteiger charge is 2.22. The molecule has 1 unspecified atom stereocenters. The van der Waals surface area contributed by atoms with Crippen molar-refractivity contribution >= 4 is 45.6 Å². The summed E-state index contributed by atoms with van der Waals surface area (Å²) in [6, 6.07) is 5.92. The number of aromatic nitrogens is 2. The molecule has 2 N–H and O–H groups in total. The van der Waals surface area contributed by atoms with Gasteiger partial charge in [-0.3, -0.25) is 4.90 Å². The minimum absolute atomic E-state index is 0.252. The second kappa shape index (κ2) is 12.1. The number of nitrogens with one attached hydrogen (secondary N) is 2. The summed E-state index contributed by atoms with van der Waals surface area (Å²) >= 11 is 13.5. The van der Waals surface area contributed by atoms with Gasteiger partial charge in [0, 0.05) is 74.5 Å². The summed E-state index contributed by atoms with van der Waals surface area (Å²) in [7, 11) is 5.29. The van der Waals surface area contributed by atoms with Gasteiger partial charge < -0.3 is 29.7 Å². The Bertz CT molecular complexity index is 1250. The number of hydrogen-bond donors (Lipinski definition) is 2. The van der Waals surface area contributed by atoms with Crippen LogP contribution in [0.15, 0.2) is 24.4 Å². The average Bonchev–Trinajstić information content (AvgIpc) is 3.43. The molecule has 1 atom stereocenters. The normalized spacial score (nSPS) is 18.6. The minimum Gasteiger partial charge on any atom is -0.495 e. The fourth-order valence-corrected chi connectivity index (χ4v) is 5.55. The van der Waals surface area contributed by atoms with Crippen molar-refractivity contribution in [2.24, 2.45) is 0 Å². The number of likely N-dealkylation sites (N-methyl/N-ethyl adjacent to an activating group) is 1. The molecule has 2 aliphatic rings. The summed E-state index contributed by atoms with van der Waals surface area (Å²) in [5.41, 5.74) is 1.16. The first-order chi connectivity index (χ1) is 18.5. The molecule has 0 aliphatic carbocycles. The number of rotatable bonds is 9. The molecule has 4 heterocycles. The van der Waals surface area contributed by atoms with Gasteiger partial charge in [0.15, 0.2) is 0 Å². The lowest BCUT2D eigenvalue weighted by atomic mass is 10.1. The maximum atomic E-state index is 6.75. The van der Waals surface area contributed by atoms with E-state index in [4.69, 9.17) is 42.4 Å². The number of halogens is 2. The quantitative estimate of drug-likeness (QED) is 0.393. The smallest absolute Gasteiger partial charge is 0.141 e. The van der Waals surface area contributed by atoms with E-state index in [2.05, 4.69) is 32.5 Å². The molecule has 2 aliphatic heterocycles. The second-order valence-electron chi connectivity index (χ2n) is 9.71. The predicted octanol–water partition coefficient (Wildman–Crippen LogP) is 4.48. The van der Waals surface area contributed by atoms with Gasteiger partial charge >= 0.3 is 0 Å². The van der Waals surface area contributed by atoms with E-state index in [1.54, 1.807) is 20.3 Å². The third-order valence-corrected chi connectivity index (χ3v) is 7.89. The van der Waals surface area contributed by atoms with Crippen LogP contribution in [0.2, 0.25) is 10.0 Å². The molecule has 0 spiro atoms. The average molecular weight is 562 g/mol. The van der Waals surface area contributed by atoms with Crippen molar-refractivity contribution in [2.45, 2.75) is 12.5 Å². The maximum Gasteiger partial charge on any atom is 0.141 e. The molecule has 38 heavy (non-hydrogen) atoms. The summed E-state index contributed by atoms with van der Waals surface area (Å²) < 4.78 is 16.5. The van der Waals surface area contributed by atoms with Crippen LogP contribution >= 0.6 is 23.2 Å². The van der Waals surface area contributed by atoms with Crippen molar-refractivity contribution in [3.8, 4) is 22.8 Å². The molecule has 2 saturated heterocycles. The molecule has 2 fully saturated rings. The molecule has 5 rings (SSSR count). The topological polar surface area (TPSA) is 84.0 Å². The Balaban J connectivity index is 1.51. The highest BCUT2D eigenvalue weighted by molar-refractivity contribution is 6.41. The van der Waals surface area contributed by atoms with Gasteiger partial charge in [-0.05, 0) is 25.6 Å². The van der Waals surface area contributed by atoms with Crippen molar-refractivity contribution in [1.82, 2.24) is 19.8 Å². The Hall–Kier alpha value is -2.56. The molecular weight excluding hydrogens is 527 g/mol. The van der Waals surface area contributed by atoms with Crippen LogP contribution in [-0.4, -0.2) is 99.6 Å². The first-order valence-electron chi connectivity index (χ1n) is 12.9. The molecule has 0 saturated carbocycles. The van der Waals surface area contributed by atoms with Gasteiger partial charge in [-0.15, -0.1) is 0 Å². The highest BCUT2D eigenvalue weighted by atomic mass is 35.5. The number of nitrogens with zero attached hydrogens (tertiary/aromatic N) is 4. The second-order valence-corrected chi connectivity index (χ2v) is 10.5. The lowest BCUT2D eigenvalue weighted by Gasteiger charge is -2.32. The minimum atomic E-state index is 0.252. The lowest BCUT2D eigenvalue weighted by Crippen LogP contribution is -2.45. The van der Waals surface area contributed by atoms with Crippen LogP contribution in [-0.2, 0) is 4.74 Å². The fraction of sp³-hybridized carbons (Fsp3) is 0.481. The maximum absolute atomic E-state index is 6.75. The zero-order valence-electron chi connectivity index (χ0n) is 22.0. The van der Waals surface area contributed by atoms with Crippen molar-refractivity contribution < 1.29 is 14.2 Å². The third kappa shape index (κ3) is 5.87. The SMILES string of the molecule is COc1cc(OC)c(Cl)c(-c2cc3cnc(NC4CCOC4)cc3c(NCCN3CCN(C)CC3)n2)c1Cl. The lowest BCUT2D eigenvalue weighted by molar-refractivity contribution is 0.158. The summed E-state index contributed by atoms with van der Waals surface area (Å²) in [5, 5.41) is 9.70. The molecule has 2 aromatic heterocycles. The number of benzene rings is 1. The van der Waals surface area contributed by atoms with Gasteiger partial charge in [0.1, 0.15) is 23.1 Å². The highest BCUT2D eigenvalue weighted by Crippen LogP contribution is 2.46. The van der Waals surface area contributed by atoms with E-state index in [0.29, 0.717) is 39.4 Å².